The van der Waals surface area contributed by atoms with Crippen LogP contribution < -0.4 is 10.1 Å². The van der Waals surface area contributed by atoms with Crippen molar-refractivity contribution in [2.75, 3.05) is 13.2 Å². The molecule has 0 amide bonds. The van der Waals surface area contributed by atoms with Gasteiger partial charge in [-0.25, -0.2) is 0 Å². The summed E-state index contributed by atoms with van der Waals surface area (Å²) < 4.78 is 12.5. The van der Waals surface area contributed by atoms with E-state index < -0.39 is 6.10 Å². The summed E-state index contributed by atoms with van der Waals surface area (Å²) in [6.07, 6.45) is 0.911. The maximum atomic E-state index is 9.92. The lowest BCUT2D eigenvalue weighted by Gasteiger charge is -2.13. The van der Waals surface area contributed by atoms with E-state index in [1.807, 2.05) is 19.1 Å². The summed E-state index contributed by atoms with van der Waals surface area (Å²) >= 11 is 7.01. The van der Waals surface area contributed by atoms with Gasteiger partial charge < -0.3 is 19.6 Å². The molecule has 2 N–H and O–H groups in total. The predicted octanol–water partition coefficient (Wildman–Crippen LogP) is 4.03. The van der Waals surface area contributed by atoms with E-state index in [1.165, 1.54) is 0 Å². The molecular formula is C15H17Br2NO3. The molecule has 2 aromatic rings. The zero-order chi connectivity index (χ0) is 15.2. The first kappa shape index (κ1) is 16.5. The van der Waals surface area contributed by atoms with Gasteiger partial charge >= 0.3 is 0 Å². The minimum Gasteiger partial charge on any atom is -0.492 e. The number of halogens is 2. The minimum absolute atomic E-state index is 0.427. The quantitative estimate of drug-likeness (QED) is 0.712. The van der Waals surface area contributed by atoms with Gasteiger partial charge in [-0.1, -0.05) is 0 Å². The van der Waals surface area contributed by atoms with Crippen LogP contribution in [0.2, 0.25) is 0 Å². The zero-order valence-electron chi connectivity index (χ0n) is 11.6. The molecule has 0 bridgehead atoms. The maximum absolute atomic E-state index is 9.92. The fraction of sp³-hybridized carbons (Fsp3) is 0.333. The Bertz CT molecular complexity index is 549. The molecule has 0 saturated heterocycles. The summed E-state index contributed by atoms with van der Waals surface area (Å²) in [5.74, 6) is 1.37. The summed E-state index contributed by atoms with van der Waals surface area (Å²) in [6.45, 7) is 3.63. The molecule has 1 aromatic carbocycles. The van der Waals surface area contributed by atoms with E-state index in [1.54, 1.807) is 18.4 Å². The van der Waals surface area contributed by atoms with Gasteiger partial charge in [0, 0.05) is 13.1 Å². The Kier molecular flexibility index (Phi) is 6.29. The Morgan fingerprint density at radius 2 is 2.05 bits per heavy atom. The number of aliphatic hydroxyl groups excluding tert-OH is 1. The van der Waals surface area contributed by atoms with Crippen molar-refractivity contribution < 1.29 is 14.3 Å². The van der Waals surface area contributed by atoms with Gasteiger partial charge in [0.2, 0.25) is 0 Å². The van der Waals surface area contributed by atoms with Crippen molar-refractivity contribution >= 4 is 31.9 Å². The fourth-order valence-corrected chi connectivity index (χ4v) is 3.44. The molecule has 0 radical (unpaired) electrons. The molecule has 1 atom stereocenters. The largest absolute Gasteiger partial charge is 0.492 e. The first-order valence-corrected chi connectivity index (χ1v) is 8.23. The highest BCUT2D eigenvalue weighted by molar-refractivity contribution is 9.11. The first-order valence-electron chi connectivity index (χ1n) is 6.64. The van der Waals surface area contributed by atoms with Crippen LogP contribution in [0.15, 0.2) is 43.9 Å². The van der Waals surface area contributed by atoms with E-state index >= 15 is 0 Å². The second kappa shape index (κ2) is 7.98. The van der Waals surface area contributed by atoms with Gasteiger partial charge in [0.1, 0.15) is 17.6 Å². The topological polar surface area (TPSA) is 54.6 Å². The van der Waals surface area contributed by atoms with Crippen molar-refractivity contribution in [3.05, 3.63) is 50.8 Å². The molecule has 1 unspecified atom stereocenters. The van der Waals surface area contributed by atoms with E-state index in [4.69, 9.17) is 9.15 Å². The van der Waals surface area contributed by atoms with Crippen molar-refractivity contribution in [2.24, 2.45) is 0 Å². The second-order valence-electron chi connectivity index (χ2n) is 4.48. The van der Waals surface area contributed by atoms with Crippen LogP contribution >= 0.6 is 31.9 Å². The number of nitrogens with one attached hydrogen (secondary N) is 1. The normalized spacial score (nSPS) is 12.4. The van der Waals surface area contributed by atoms with Gasteiger partial charge in [0.25, 0.3) is 0 Å². The highest BCUT2D eigenvalue weighted by Gasteiger charge is 2.11. The molecule has 4 nitrogen and oxygen atoms in total. The number of aliphatic hydroxyl groups is 1. The average Bonchev–Trinajstić information content (AvgIpc) is 2.97. The van der Waals surface area contributed by atoms with E-state index in [0.717, 1.165) is 20.3 Å². The Hall–Kier alpha value is -0.820. The second-order valence-corrected chi connectivity index (χ2v) is 6.19. The fourth-order valence-electron chi connectivity index (χ4n) is 1.93. The number of benzene rings is 1. The number of hydrogen-bond donors (Lipinski definition) is 2. The van der Waals surface area contributed by atoms with Gasteiger partial charge in [0.05, 0.1) is 21.8 Å². The summed E-state index contributed by atoms with van der Waals surface area (Å²) in [6, 6.07) is 7.53. The molecule has 1 heterocycles. The third-order valence-corrected chi connectivity index (χ3v) is 4.06. The minimum atomic E-state index is -0.644. The van der Waals surface area contributed by atoms with E-state index in [2.05, 4.69) is 37.2 Å². The third kappa shape index (κ3) is 4.57. The molecular weight excluding hydrogens is 402 g/mol. The molecule has 0 aliphatic rings. The maximum Gasteiger partial charge on any atom is 0.147 e. The van der Waals surface area contributed by atoms with Crippen molar-refractivity contribution in [3.8, 4) is 5.75 Å². The Labute approximate surface area is 140 Å². The van der Waals surface area contributed by atoms with Crippen molar-refractivity contribution in [1.29, 1.82) is 0 Å². The highest BCUT2D eigenvalue weighted by atomic mass is 79.9. The number of furan rings is 1. The van der Waals surface area contributed by atoms with Crippen LogP contribution in [0.25, 0.3) is 0 Å². The SMILES string of the molecule is CCOc1c(Br)cc(CNCC(O)c2ccco2)cc1Br. The van der Waals surface area contributed by atoms with Crippen LogP contribution in [0.4, 0.5) is 0 Å². The molecule has 0 saturated carbocycles. The summed E-state index contributed by atoms with van der Waals surface area (Å²) in [5, 5.41) is 13.1. The van der Waals surface area contributed by atoms with Gasteiger partial charge in [0.15, 0.2) is 0 Å². The first-order chi connectivity index (χ1) is 10.1. The van der Waals surface area contributed by atoms with Crippen LogP contribution in [0, 0.1) is 0 Å². The Morgan fingerprint density at radius 1 is 1.33 bits per heavy atom. The molecule has 21 heavy (non-hydrogen) atoms. The van der Waals surface area contributed by atoms with Crippen LogP contribution in [0.1, 0.15) is 24.4 Å². The van der Waals surface area contributed by atoms with Crippen LogP contribution in [-0.2, 0) is 6.54 Å². The van der Waals surface area contributed by atoms with Gasteiger partial charge in [-0.15, -0.1) is 0 Å². The van der Waals surface area contributed by atoms with Gasteiger partial charge in [-0.2, -0.15) is 0 Å². The number of ether oxygens (including phenoxy) is 1. The Balaban J connectivity index is 1.91. The third-order valence-electron chi connectivity index (χ3n) is 2.89. The highest BCUT2D eigenvalue weighted by Crippen LogP contribution is 2.34. The molecule has 0 spiro atoms. The molecule has 114 valence electrons. The van der Waals surface area contributed by atoms with Gasteiger partial charge in [-0.05, 0) is 68.6 Å². The summed E-state index contributed by atoms with van der Waals surface area (Å²) in [5.41, 5.74) is 1.09. The predicted molar refractivity (Wildman–Crippen MR) is 88.4 cm³/mol. The Morgan fingerprint density at radius 3 is 2.62 bits per heavy atom. The molecule has 1 aromatic heterocycles. The van der Waals surface area contributed by atoms with E-state index in [-0.39, 0.29) is 0 Å². The van der Waals surface area contributed by atoms with Crippen molar-refractivity contribution in [1.82, 2.24) is 5.32 Å². The molecule has 0 aliphatic heterocycles. The van der Waals surface area contributed by atoms with E-state index in [9.17, 15) is 5.11 Å². The summed E-state index contributed by atoms with van der Waals surface area (Å²) in [4.78, 5) is 0. The zero-order valence-corrected chi connectivity index (χ0v) is 14.8. The molecule has 0 fully saturated rings. The van der Waals surface area contributed by atoms with Crippen molar-refractivity contribution in [2.45, 2.75) is 19.6 Å². The molecule has 2 rings (SSSR count). The molecule has 0 aliphatic carbocycles. The van der Waals surface area contributed by atoms with Gasteiger partial charge in [-0.3, -0.25) is 0 Å². The van der Waals surface area contributed by atoms with Crippen molar-refractivity contribution in [3.63, 3.8) is 0 Å². The lowest BCUT2D eigenvalue weighted by molar-refractivity contribution is 0.147. The van der Waals surface area contributed by atoms with Crippen LogP contribution in [0.5, 0.6) is 5.75 Å². The standard InChI is InChI=1S/C15H17Br2NO3/c1-2-20-15-11(16)6-10(7-12(15)17)8-18-9-13(19)14-4-3-5-21-14/h3-7,13,18-19H,2,8-9H2,1H3. The summed E-state index contributed by atoms with van der Waals surface area (Å²) in [7, 11) is 0. The number of hydrogen-bond acceptors (Lipinski definition) is 4. The number of rotatable bonds is 7. The van der Waals surface area contributed by atoms with E-state index in [0.29, 0.717) is 25.5 Å². The smallest absolute Gasteiger partial charge is 0.147 e. The van der Waals surface area contributed by atoms with Crippen LogP contribution in [-0.4, -0.2) is 18.3 Å². The average molecular weight is 419 g/mol. The van der Waals surface area contributed by atoms with Crippen LogP contribution in [0.3, 0.4) is 0 Å². The lowest BCUT2D eigenvalue weighted by atomic mass is 10.2. The lowest BCUT2D eigenvalue weighted by Crippen LogP contribution is -2.20. The monoisotopic (exact) mass is 417 g/mol. The molecule has 6 heteroatoms.